The third-order valence-corrected chi connectivity index (χ3v) is 4.52. The molecule has 0 spiro atoms. The molecule has 1 fully saturated rings. The number of hydrogen-bond donors (Lipinski definition) is 1. The maximum atomic E-state index is 6.42. The third-order valence-electron chi connectivity index (χ3n) is 4.52. The fraction of sp³-hybridized carbons (Fsp3) is 0.647. The smallest absolute Gasteiger partial charge is 0.119 e. The summed E-state index contributed by atoms with van der Waals surface area (Å²) >= 11 is 0. The summed E-state index contributed by atoms with van der Waals surface area (Å²) in [6.45, 7) is 6.82. The van der Waals surface area contributed by atoms with E-state index in [1.165, 1.54) is 18.4 Å². The number of ether oxygens (including phenoxy) is 1. The Hall–Kier alpha value is -1.06. The van der Waals surface area contributed by atoms with Gasteiger partial charge in [0.1, 0.15) is 5.75 Å². The van der Waals surface area contributed by atoms with E-state index in [0.717, 1.165) is 31.2 Å². The van der Waals surface area contributed by atoms with Gasteiger partial charge >= 0.3 is 0 Å². The van der Waals surface area contributed by atoms with E-state index >= 15 is 0 Å². The predicted molar refractivity (Wildman–Crippen MR) is 84.0 cm³/mol. The van der Waals surface area contributed by atoms with Crippen molar-refractivity contribution in [2.45, 2.75) is 45.2 Å². The number of likely N-dealkylation sites (tertiary alicyclic amines) is 1. The molecule has 2 atom stereocenters. The van der Waals surface area contributed by atoms with Gasteiger partial charge in [0, 0.05) is 12.1 Å². The molecule has 2 N–H and O–H groups in total. The summed E-state index contributed by atoms with van der Waals surface area (Å²) in [5.41, 5.74) is 7.71. The van der Waals surface area contributed by atoms with Gasteiger partial charge in [0.05, 0.1) is 7.11 Å². The van der Waals surface area contributed by atoms with Crippen LogP contribution >= 0.6 is 0 Å². The van der Waals surface area contributed by atoms with Crippen LogP contribution in [0.3, 0.4) is 0 Å². The lowest BCUT2D eigenvalue weighted by Crippen LogP contribution is -2.44. The molecule has 0 aromatic heterocycles. The van der Waals surface area contributed by atoms with Crippen molar-refractivity contribution in [3.63, 3.8) is 0 Å². The number of nitrogens with two attached hydrogens (primary N) is 1. The van der Waals surface area contributed by atoms with Crippen molar-refractivity contribution >= 4 is 0 Å². The Balaban J connectivity index is 2.22. The molecule has 2 rings (SSSR count). The Morgan fingerprint density at radius 1 is 1.35 bits per heavy atom. The van der Waals surface area contributed by atoms with Gasteiger partial charge in [0.25, 0.3) is 0 Å². The van der Waals surface area contributed by atoms with Gasteiger partial charge in [0.2, 0.25) is 0 Å². The van der Waals surface area contributed by atoms with Crippen molar-refractivity contribution in [2.24, 2.45) is 11.7 Å². The maximum Gasteiger partial charge on any atom is 0.119 e. The van der Waals surface area contributed by atoms with Crippen molar-refractivity contribution in [3.05, 3.63) is 29.8 Å². The van der Waals surface area contributed by atoms with E-state index in [9.17, 15) is 0 Å². The van der Waals surface area contributed by atoms with E-state index in [2.05, 4.69) is 36.9 Å². The van der Waals surface area contributed by atoms with Crippen LogP contribution in [0.1, 0.15) is 44.7 Å². The van der Waals surface area contributed by atoms with Crippen LogP contribution < -0.4 is 10.5 Å². The Bertz CT molecular complexity index is 413. The average Bonchev–Trinajstić information content (AvgIpc) is 2.49. The Morgan fingerprint density at radius 2 is 2.05 bits per heavy atom. The minimum absolute atomic E-state index is 0.176. The van der Waals surface area contributed by atoms with E-state index in [0.29, 0.717) is 6.04 Å². The Kier molecular flexibility index (Phi) is 5.44. The van der Waals surface area contributed by atoms with Crippen LogP contribution in [0.4, 0.5) is 0 Å². The molecule has 2 unspecified atom stereocenters. The van der Waals surface area contributed by atoms with Crippen LogP contribution in [0.15, 0.2) is 24.3 Å². The van der Waals surface area contributed by atoms with Crippen molar-refractivity contribution in [3.8, 4) is 5.75 Å². The first-order valence-electron chi connectivity index (χ1n) is 7.79. The van der Waals surface area contributed by atoms with Gasteiger partial charge in [-0.2, -0.15) is 0 Å². The zero-order valence-electron chi connectivity index (χ0n) is 13.0. The largest absolute Gasteiger partial charge is 0.497 e. The van der Waals surface area contributed by atoms with Crippen molar-refractivity contribution in [1.29, 1.82) is 0 Å². The maximum absolute atomic E-state index is 6.42. The van der Waals surface area contributed by atoms with Crippen LogP contribution in [0.2, 0.25) is 0 Å². The summed E-state index contributed by atoms with van der Waals surface area (Å²) in [7, 11) is 1.72. The number of methoxy groups -OCH3 is 1. The zero-order chi connectivity index (χ0) is 14.5. The van der Waals surface area contributed by atoms with Crippen LogP contribution in [0.5, 0.6) is 5.75 Å². The molecular formula is C17H28N2O. The van der Waals surface area contributed by atoms with Crippen LogP contribution in [0, 0.1) is 5.92 Å². The molecular weight excluding hydrogens is 248 g/mol. The van der Waals surface area contributed by atoms with Gasteiger partial charge in [0.15, 0.2) is 0 Å². The van der Waals surface area contributed by atoms with Crippen LogP contribution in [-0.4, -0.2) is 31.1 Å². The summed E-state index contributed by atoms with van der Waals surface area (Å²) in [5, 5.41) is 0. The minimum atomic E-state index is 0.176. The highest BCUT2D eigenvalue weighted by Gasteiger charge is 2.28. The molecule has 1 heterocycles. The van der Waals surface area contributed by atoms with E-state index in [-0.39, 0.29) is 6.04 Å². The summed E-state index contributed by atoms with van der Waals surface area (Å²) in [5.74, 6) is 1.76. The van der Waals surface area contributed by atoms with E-state index in [4.69, 9.17) is 10.5 Å². The number of nitrogens with zero attached hydrogens (tertiary/aromatic N) is 1. The van der Waals surface area contributed by atoms with E-state index in [1.54, 1.807) is 7.11 Å². The molecule has 1 aliphatic rings. The molecule has 3 heteroatoms. The van der Waals surface area contributed by atoms with Crippen molar-refractivity contribution in [1.82, 2.24) is 4.90 Å². The molecule has 0 saturated carbocycles. The normalized spacial score (nSPS) is 20.6. The molecule has 0 bridgehead atoms. The summed E-state index contributed by atoms with van der Waals surface area (Å²) in [4.78, 5) is 2.56. The molecule has 1 aromatic carbocycles. The zero-order valence-corrected chi connectivity index (χ0v) is 13.0. The second-order valence-electron chi connectivity index (χ2n) is 6.01. The lowest BCUT2D eigenvalue weighted by atomic mass is 9.91. The van der Waals surface area contributed by atoms with E-state index < -0.39 is 0 Å². The highest BCUT2D eigenvalue weighted by atomic mass is 16.5. The van der Waals surface area contributed by atoms with Gasteiger partial charge in [-0.05, 0) is 56.0 Å². The summed E-state index contributed by atoms with van der Waals surface area (Å²) in [6, 6.07) is 8.86. The molecule has 112 valence electrons. The van der Waals surface area contributed by atoms with Crippen molar-refractivity contribution < 1.29 is 4.74 Å². The first-order valence-corrected chi connectivity index (χ1v) is 7.79. The van der Waals surface area contributed by atoms with Gasteiger partial charge < -0.3 is 10.5 Å². The first kappa shape index (κ1) is 15.3. The third kappa shape index (κ3) is 3.53. The Morgan fingerprint density at radius 3 is 2.65 bits per heavy atom. The topological polar surface area (TPSA) is 38.5 Å². The SMILES string of the molecule is CCC(N)C(c1cccc(OC)c1)N1CCC(C)CC1. The number of hydrogen-bond acceptors (Lipinski definition) is 3. The van der Waals surface area contributed by atoms with Gasteiger partial charge in [-0.3, -0.25) is 4.90 Å². The van der Waals surface area contributed by atoms with Crippen LogP contribution in [0.25, 0.3) is 0 Å². The van der Waals surface area contributed by atoms with E-state index in [1.807, 2.05) is 6.07 Å². The average molecular weight is 276 g/mol. The number of rotatable bonds is 5. The standard InChI is InChI=1S/C17H28N2O/c1-4-16(18)17(19-10-8-13(2)9-11-19)14-6-5-7-15(12-14)20-3/h5-7,12-13,16-17H,4,8-11,18H2,1-3H3. The molecule has 0 amide bonds. The molecule has 1 saturated heterocycles. The molecule has 20 heavy (non-hydrogen) atoms. The fourth-order valence-electron chi connectivity index (χ4n) is 3.08. The van der Waals surface area contributed by atoms with Gasteiger partial charge in [-0.25, -0.2) is 0 Å². The lowest BCUT2D eigenvalue weighted by molar-refractivity contribution is 0.119. The number of benzene rings is 1. The highest BCUT2D eigenvalue weighted by Crippen LogP contribution is 2.31. The Labute approximate surface area is 123 Å². The van der Waals surface area contributed by atoms with Gasteiger partial charge in [-0.1, -0.05) is 26.0 Å². The lowest BCUT2D eigenvalue weighted by Gasteiger charge is -2.39. The number of piperidine rings is 1. The first-order chi connectivity index (χ1) is 9.65. The summed E-state index contributed by atoms with van der Waals surface area (Å²) < 4.78 is 5.36. The summed E-state index contributed by atoms with van der Waals surface area (Å²) in [6.07, 6.45) is 3.54. The monoisotopic (exact) mass is 276 g/mol. The van der Waals surface area contributed by atoms with Crippen molar-refractivity contribution in [2.75, 3.05) is 20.2 Å². The fourth-order valence-corrected chi connectivity index (χ4v) is 3.08. The minimum Gasteiger partial charge on any atom is -0.497 e. The molecule has 1 aliphatic heterocycles. The molecule has 1 aromatic rings. The second-order valence-corrected chi connectivity index (χ2v) is 6.01. The quantitative estimate of drug-likeness (QED) is 0.897. The molecule has 0 radical (unpaired) electrons. The molecule has 0 aliphatic carbocycles. The highest BCUT2D eigenvalue weighted by molar-refractivity contribution is 5.31. The van der Waals surface area contributed by atoms with Crippen LogP contribution in [-0.2, 0) is 0 Å². The molecule has 3 nitrogen and oxygen atoms in total. The predicted octanol–water partition coefficient (Wildman–Crippen LogP) is 3.21. The van der Waals surface area contributed by atoms with Gasteiger partial charge in [-0.15, -0.1) is 0 Å². The second kappa shape index (κ2) is 7.09.